The molecule has 4 aliphatic rings. The maximum Gasteiger partial charge on any atom is 0.0561 e. The summed E-state index contributed by atoms with van der Waals surface area (Å²) in [4.78, 5) is 2.51. The van der Waals surface area contributed by atoms with Crippen molar-refractivity contribution in [3.05, 3.63) is 204 Å². The Bertz CT molecular complexity index is 3310. The summed E-state index contributed by atoms with van der Waals surface area (Å²) in [7, 11) is 0. The van der Waals surface area contributed by atoms with Crippen molar-refractivity contribution in [3.63, 3.8) is 0 Å². The van der Waals surface area contributed by atoms with E-state index in [9.17, 15) is 0 Å². The SMILES string of the molecule is CC1(C)c2ccccc2-c2cc(-c3cccc4c3C(C)(C)c3cc(N(c5ccc(C6CC7CCC6C7)cc5)c5ccc6c7ccccc7n(-c7ccccc7)c6c5)ccc3-4)ccc21. The highest BCUT2D eigenvalue weighted by Gasteiger charge is 2.41. The zero-order valence-electron chi connectivity index (χ0n) is 36.7. The summed E-state index contributed by atoms with van der Waals surface area (Å²) < 4.78 is 2.44. The van der Waals surface area contributed by atoms with E-state index in [0.29, 0.717) is 5.92 Å². The lowest BCUT2D eigenvalue weighted by atomic mass is 9.78. The lowest BCUT2D eigenvalue weighted by Crippen LogP contribution is -2.18. The van der Waals surface area contributed by atoms with E-state index in [4.69, 9.17) is 0 Å². The molecular weight excluding hydrogens is 761 g/mol. The molecule has 2 heteroatoms. The van der Waals surface area contributed by atoms with Crippen molar-refractivity contribution in [2.75, 3.05) is 4.90 Å². The van der Waals surface area contributed by atoms with Crippen molar-refractivity contribution in [1.29, 1.82) is 0 Å². The Kier molecular flexibility index (Phi) is 7.88. The number of aromatic nitrogens is 1. The monoisotopic (exact) mass is 812 g/mol. The molecule has 0 saturated heterocycles. The van der Waals surface area contributed by atoms with E-state index in [1.54, 1.807) is 0 Å². The van der Waals surface area contributed by atoms with E-state index in [1.165, 1.54) is 126 Å². The van der Waals surface area contributed by atoms with Gasteiger partial charge in [-0.1, -0.05) is 149 Å². The Morgan fingerprint density at radius 3 is 1.97 bits per heavy atom. The van der Waals surface area contributed by atoms with Crippen LogP contribution in [0.3, 0.4) is 0 Å². The lowest BCUT2D eigenvalue weighted by Gasteiger charge is -2.29. The predicted octanol–water partition coefficient (Wildman–Crippen LogP) is 16.4. The van der Waals surface area contributed by atoms with Gasteiger partial charge in [0.15, 0.2) is 0 Å². The fraction of sp³-hybridized carbons (Fsp3) is 0.213. The van der Waals surface area contributed by atoms with Crippen molar-refractivity contribution in [2.24, 2.45) is 11.8 Å². The van der Waals surface area contributed by atoms with Crippen molar-refractivity contribution >= 4 is 38.9 Å². The van der Waals surface area contributed by atoms with Crippen LogP contribution in [0.2, 0.25) is 0 Å². The summed E-state index contributed by atoms with van der Waals surface area (Å²) in [5.41, 5.74) is 22.1. The Hall–Kier alpha value is -6.64. The molecule has 0 N–H and O–H groups in total. The lowest BCUT2D eigenvalue weighted by molar-refractivity contribution is 0.420. The second-order valence-corrected chi connectivity index (χ2v) is 20.1. The van der Waals surface area contributed by atoms with Crippen LogP contribution in [-0.4, -0.2) is 4.57 Å². The molecule has 9 aromatic rings. The number of hydrogen-bond acceptors (Lipinski definition) is 1. The van der Waals surface area contributed by atoms with E-state index >= 15 is 0 Å². The number of rotatable bonds is 6. The third kappa shape index (κ3) is 5.37. The number of benzene rings is 8. The van der Waals surface area contributed by atoms with Crippen molar-refractivity contribution in [1.82, 2.24) is 4.57 Å². The Morgan fingerprint density at radius 2 is 1.14 bits per heavy atom. The van der Waals surface area contributed by atoms with Gasteiger partial charge in [0.25, 0.3) is 0 Å². The van der Waals surface area contributed by atoms with Gasteiger partial charge in [0.05, 0.1) is 11.0 Å². The minimum Gasteiger partial charge on any atom is -0.310 e. The van der Waals surface area contributed by atoms with Gasteiger partial charge in [-0.3, -0.25) is 0 Å². The normalized spacial score (nSPS) is 19.6. The molecule has 13 rings (SSSR count). The topological polar surface area (TPSA) is 8.17 Å². The zero-order chi connectivity index (χ0) is 42.2. The van der Waals surface area contributed by atoms with Gasteiger partial charge in [-0.2, -0.15) is 0 Å². The summed E-state index contributed by atoms with van der Waals surface area (Å²) >= 11 is 0. The molecule has 8 aromatic carbocycles. The van der Waals surface area contributed by atoms with Gasteiger partial charge in [-0.05, 0) is 159 Å². The summed E-state index contributed by atoms with van der Waals surface area (Å²) in [5.74, 6) is 2.47. The first-order valence-corrected chi connectivity index (χ1v) is 23.3. The van der Waals surface area contributed by atoms with E-state index < -0.39 is 0 Å². The summed E-state index contributed by atoms with van der Waals surface area (Å²) in [6.45, 7) is 9.62. The van der Waals surface area contributed by atoms with Crippen LogP contribution in [0.4, 0.5) is 17.1 Å². The maximum absolute atomic E-state index is 2.51. The first-order chi connectivity index (χ1) is 30.7. The third-order valence-corrected chi connectivity index (χ3v) is 16.1. The average molecular weight is 813 g/mol. The van der Waals surface area contributed by atoms with Crippen molar-refractivity contribution in [2.45, 2.75) is 70.1 Å². The van der Waals surface area contributed by atoms with Gasteiger partial charge >= 0.3 is 0 Å². The molecule has 0 spiro atoms. The molecule has 1 aromatic heterocycles. The van der Waals surface area contributed by atoms with E-state index in [1.807, 2.05) is 0 Å². The van der Waals surface area contributed by atoms with Crippen LogP contribution < -0.4 is 4.90 Å². The molecule has 0 aliphatic heterocycles. The molecule has 1 heterocycles. The second-order valence-electron chi connectivity index (χ2n) is 20.1. The first-order valence-electron chi connectivity index (χ1n) is 23.3. The summed E-state index contributed by atoms with van der Waals surface area (Å²) in [5, 5.41) is 2.54. The minimum atomic E-state index is -0.228. The quantitative estimate of drug-likeness (QED) is 0.162. The molecule has 2 saturated carbocycles. The second kappa shape index (κ2) is 13.4. The zero-order valence-corrected chi connectivity index (χ0v) is 36.7. The molecule has 306 valence electrons. The van der Waals surface area contributed by atoms with Crippen LogP contribution in [0, 0.1) is 11.8 Å². The van der Waals surface area contributed by atoms with Gasteiger partial charge in [0, 0.05) is 44.4 Å². The largest absolute Gasteiger partial charge is 0.310 e. The molecule has 4 aliphatic carbocycles. The minimum absolute atomic E-state index is 0.0139. The molecular formula is C61H52N2. The van der Waals surface area contributed by atoms with Gasteiger partial charge in [0.2, 0.25) is 0 Å². The highest BCUT2D eigenvalue weighted by molar-refractivity contribution is 6.10. The van der Waals surface area contributed by atoms with Crippen LogP contribution in [0.1, 0.15) is 87.1 Å². The number of nitrogens with zero attached hydrogens (tertiary/aromatic N) is 2. The molecule has 63 heavy (non-hydrogen) atoms. The van der Waals surface area contributed by atoms with Gasteiger partial charge < -0.3 is 9.47 Å². The van der Waals surface area contributed by atoms with Crippen LogP contribution >= 0.6 is 0 Å². The van der Waals surface area contributed by atoms with Crippen LogP contribution in [0.15, 0.2) is 176 Å². The van der Waals surface area contributed by atoms with E-state index in [0.717, 1.165) is 17.5 Å². The van der Waals surface area contributed by atoms with E-state index in [-0.39, 0.29) is 10.8 Å². The predicted molar refractivity (Wildman–Crippen MR) is 264 cm³/mol. The Morgan fingerprint density at radius 1 is 0.460 bits per heavy atom. The average Bonchev–Trinajstić information content (AvgIpc) is 4.13. The number of anilines is 3. The van der Waals surface area contributed by atoms with Crippen LogP contribution in [0.25, 0.3) is 60.9 Å². The highest BCUT2D eigenvalue weighted by Crippen LogP contribution is 2.56. The van der Waals surface area contributed by atoms with Crippen molar-refractivity contribution in [3.8, 4) is 39.1 Å². The third-order valence-electron chi connectivity index (χ3n) is 16.1. The highest BCUT2D eigenvalue weighted by atomic mass is 15.1. The number of fused-ring (bicyclic) bond motifs is 11. The van der Waals surface area contributed by atoms with Crippen LogP contribution in [-0.2, 0) is 10.8 Å². The molecule has 2 fully saturated rings. The molecule has 0 amide bonds. The first kappa shape index (κ1) is 37.0. The summed E-state index contributed by atoms with van der Waals surface area (Å²) in [6.07, 6.45) is 5.59. The molecule has 0 radical (unpaired) electrons. The van der Waals surface area contributed by atoms with Gasteiger partial charge in [-0.25, -0.2) is 0 Å². The van der Waals surface area contributed by atoms with E-state index in [2.05, 4.69) is 213 Å². The smallest absolute Gasteiger partial charge is 0.0561 e. The van der Waals surface area contributed by atoms with Gasteiger partial charge in [-0.15, -0.1) is 0 Å². The standard InChI is InChI=1S/C61H52N2/c1-60(2)54-19-10-8-15-47(54)53-35-41(25-32-55(53)60)46-17-12-18-51-48-30-28-44(36-56(48)61(3,4)59(46)51)62(43-26-23-39(24-27-43)52-34-38-21-22-40(52)33-38)45-29-31-50-49-16-9-11-20-57(49)63(58(50)37-45)42-13-6-5-7-14-42/h5-20,23-32,35-38,40,52H,21-22,33-34H2,1-4H3. The number of hydrogen-bond donors (Lipinski definition) is 0. The Labute approximate surface area is 371 Å². The molecule has 3 unspecified atom stereocenters. The summed E-state index contributed by atoms with van der Waals surface area (Å²) in [6, 6.07) is 66.9. The maximum atomic E-state index is 2.51. The van der Waals surface area contributed by atoms with Crippen molar-refractivity contribution < 1.29 is 0 Å². The van der Waals surface area contributed by atoms with Gasteiger partial charge in [0.1, 0.15) is 0 Å². The number of para-hydroxylation sites is 2. The fourth-order valence-corrected chi connectivity index (χ4v) is 13.1. The molecule has 3 atom stereocenters. The fourth-order valence-electron chi connectivity index (χ4n) is 13.1. The molecule has 2 nitrogen and oxygen atoms in total. The Balaban J connectivity index is 0.957. The molecule has 2 bridgehead atoms. The van der Waals surface area contributed by atoms with Crippen LogP contribution in [0.5, 0.6) is 0 Å².